The van der Waals surface area contributed by atoms with E-state index >= 15 is 0 Å². The van der Waals surface area contributed by atoms with Crippen molar-refractivity contribution in [3.63, 3.8) is 0 Å². The summed E-state index contributed by atoms with van der Waals surface area (Å²) < 4.78 is 0. The van der Waals surface area contributed by atoms with Crippen LogP contribution in [0.1, 0.15) is 20.7 Å². The Balaban J connectivity index is 0.000000324. The molecule has 2 rings (SSSR count). The van der Waals surface area contributed by atoms with Crippen LogP contribution in [0.5, 0.6) is 0 Å². The first-order chi connectivity index (χ1) is 8.61. The maximum atomic E-state index is 10.1. The number of nitrogens with zero attached hydrogens (tertiary/aromatic N) is 2. The van der Waals surface area contributed by atoms with E-state index in [-0.39, 0.29) is 27.6 Å². The molecule has 0 aliphatic heterocycles. The summed E-state index contributed by atoms with van der Waals surface area (Å²) >= 11 is 0. The Hall–Kier alpha value is -2.27. The molecule has 2 heterocycles. The summed E-state index contributed by atoms with van der Waals surface area (Å²) in [6.07, 6.45) is 5.63. The van der Waals surface area contributed by atoms with Gasteiger partial charge in [0.15, 0.2) is 0 Å². The normalized spacial score (nSPS) is 8.42. The van der Waals surface area contributed by atoms with Crippen molar-refractivity contribution in [3.8, 4) is 0 Å². The van der Waals surface area contributed by atoms with Gasteiger partial charge in [-0.15, -0.1) is 0 Å². The zero-order valence-corrected chi connectivity index (χ0v) is 10.5. The van der Waals surface area contributed by atoms with Crippen LogP contribution in [-0.2, 0) is 16.5 Å². The van der Waals surface area contributed by atoms with Crippen LogP contribution in [0.25, 0.3) is 0 Å². The molecular weight excluding hydrogens is 295 g/mol. The van der Waals surface area contributed by atoms with Crippen molar-refractivity contribution in [2.75, 3.05) is 0 Å². The number of carbonyl (C=O) groups is 2. The fourth-order valence-electron chi connectivity index (χ4n) is 0.976. The first-order valence-corrected chi connectivity index (χ1v) is 4.84. The quantitative estimate of drug-likeness (QED) is 0.651. The van der Waals surface area contributed by atoms with Crippen LogP contribution >= 0.6 is 0 Å². The summed E-state index contributed by atoms with van der Waals surface area (Å²) in [5.41, 5.74) is 0.315. The largest absolute Gasteiger partial charge is 2.00 e. The molecule has 2 aromatic heterocycles. The number of hydrogen-bond acceptors (Lipinski definition) is 6. The van der Waals surface area contributed by atoms with Gasteiger partial charge in [0.2, 0.25) is 0 Å². The van der Waals surface area contributed by atoms with Gasteiger partial charge in [0.25, 0.3) is 0 Å². The fraction of sp³-hybridized carbons (Fsp3) is 0. The molecule has 0 fully saturated rings. The predicted molar refractivity (Wildman–Crippen MR) is 57.1 cm³/mol. The molecule has 0 bridgehead atoms. The van der Waals surface area contributed by atoms with E-state index in [9.17, 15) is 19.8 Å². The summed E-state index contributed by atoms with van der Waals surface area (Å²) in [6, 6.07) is 5.54. The van der Waals surface area contributed by atoms with Crippen molar-refractivity contribution < 1.29 is 36.3 Å². The Morgan fingerprint density at radius 1 is 0.737 bits per heavy atom. The number of carboxylic acid groups (broad SMARTS) is 2. The fourth-order valence-corrected chi connectivity index (χ4v) is 0.976. The van der Waals surface area contributed by atoms with Crippen molar-refractivity contribution >= 4 is 11.9 Å². The number of pyridine rings is 2. The van der Waals surface area contributed by atoms with Gasteiger partial charge in [-0.25, -0.2) is 0 Å². The smallest absolute Gasteiger partial charge is 0.545 e. The van der Waals surface area contributed by atoms with Crippen LogP contribution in [0, 0.1) is 0 Å². The minimum absolute atomic E-state index is 0. The summed E-state index contributed by atoms with van der Waals surface area (Å²) in [5.74, 6) is -2.34. The number of carbonyl (C=O) groups excluding carboxylic acids is 2. The van der Waals surface area contributed by atoms with Crippen LogP contribution < -0.4 is 10.2 Å². The van der Waals surface area contributed by atoms with Gasteiger partial charge in [0.05, 0.1) is 11.9 Å². The summed E-state index contributed by atoms with van der Waals surface area (Å²) in [6.45, 7) is 0. The average Bonchev–Trinajstić information content (AvgIpc) is 2.41. The molecular formula is C12H8N2NiO4. The number of rotatable bonds is 2. The van der Waals surface area contributed by atoms with E-state index in [1.165, 1.54) is 49.1 Å². The Labute approximate surface area is 119 Å². The first kappa shape index (κ1) is 16.7. The molecule has 0 radical (unpaired) electrons. The maximum Gasteiger partial charge on any atom is 2.00 e. The molecule has 0 atom stereocenters. The van der Waals surface area contributed by atoms with Crippen molar-refractivity contribution in [2.45, 2.75) is 0 Å². The summed E-state index contributed by atoms with van der Waals surface area (Å²) in [4.78, 5) is 27.4. The Morgan fingerprint density at radius 2 is 1.00 bits per heavy atom. The van der Waals surface area contributed by atoms with Gasteiger partial charge in [-0.2, -0.15) is 0 Å². The van der Waals surface area contributed by atoms with Gasteiger partial charge in [-0.3, -0.25) is 9.97 Å². The van der Waals surface area contributed by atoms with E-state index in [0.29, 0.717) is 0 Å². The van der Waals surface area contributed by atoms with Crippen LogP contribution in [0.3, 0.4) is 0 Å². The van der Waals surface area contributed by atoms with E-state index in [4.69, 9.17) is 0 Å². The van der Waals surface area contributed by atoms with Crippen LogP contribution in [0.2, 0.25) is 0 Å². The maximum absolute atomic E-state index is 10.1. The van der Waals surface area contributed by atoms with Gasteiger partial charge < -0.3 is 19.8 Å². The van der Waals surface area contributed by atoms with Crippen molar-refractivity contribution in [2.24, 2.45) is 0 Å². The average molecular weight is 303 g/mol. The van der Waals surface area contributed by atoms with Gasteiger partial charge in [0.1, 0.15) is 0 Å². The third-order valence-electron chi connectivity index (χ3n) is 1.83. The van der Waals surface area contributed by atoms with Crippen molar-refractivity contribution in [3.05, 3.63) is 60.2 Å². The Kier molecular flexibility index (Phi) is 7.72. The molecule has 0 spiro atoms. The SMILES string of the molecule is O=C([O-])c1ccncc1.O=C([O-])c1ccncc1.[Ni+2]. The molecule has 0 amide bonds. The number of carboxylic acids is 2. The van der Waals surface area contributed by atoms with Gasteiger partial charge in [0, 0.05) is 35.9 Å². The standard InChI is InChI=1S/2C6H5NO2.Ni/c2*8-6(9)5-1-3-7-4-2-5;/h2*1-4H,(H,8,9);/q;;+2/p-2. The number of aromatic nitrogens is 2. The molecule has 0 aliphatic carbocycles. The minimum atomic E-state index is -1.17. The molecule has 19 heavy (non-hydrogen) atoms. The molecule has 0 aliphatic rings. The second kappa shape index (κ2) is 8.77. The minimum Gasteiger partial charge on any atom is -0.545 e. The predicted octanol–water partition coefficient (Wildman–Crippen LogP) is -1.11. The van der Waals surface area contributed by atoms with Crippen molar-refractivity contribution in [1.82, 2.24) is 9.97 Å². The molecule has 0 unspecified atom stereocenters. The topological polar surface area (TPSA) is 106 Å². The monoisotopic (exact) mass is 302 g/mol. The molecule has 0 aromatic carbocycles. The first-order valence-electron chi connectivity index (χ1n) is 4.84. The van der Waals surface area contributed by atoms with Gasteiger partial charge in [-0.1, -0.05) is 0 Å². The molecule has 0 saturated carbocycles. The zero-order chi connectivity index (χ0) is 13.4. The summed E-state index contributed by atoms with van der Waals surface area (Å²) in [7, 11) is 0. The van der Waals surface area contributed by atoms with Gasteiger partial charge >= 0.3 is 16.5 Å². The third kappa shape index (κ3) is 6.28. The number of hydrogen-bond donors (Lipinski definition) is 0. The molecule has 0 saturated heterocycles. The number of aromatic carboxylic acids is 2. The molecule has 100 valence electrons. The molecule has 2 aromatic rings. The van der Waals surface area contributed by atoms with E-state index in [1.54, 1.807) is 0 Å². The Morgan fingerprint density at radius 3 is 1.16 bits per heavy atom. The second-order valence-electron chi connectivity index (χ2n) is 3.05. The van der Waals surface area contributed by atoms with Crippen LogP contribution in [-0.4, -0.2) is 21.9 Å². The van der Waals surface area contributed by atoms with E-state index in [1.807, 2.05) is 0 Å². The Bertz CT molecular complexity index is 470. The van der Waals surface area contributed by atoms with Crippen LogP contribution in [0.4, 0.5) is 0 Å². The summed E-state index contributed by atoms with van der Waals surface area (Å²) in [5, 5.41) is 20.1. The van der Waals surface area contributed by atoms with Crippen LogP contribution in [0.15, 0.2) is 49.1 Å². The van der Waals surface area contributed by atoms with Gasteiger partial charge in [-0.05, 0) is 24.3 Å². The third-order valence-corrected chi connectivity index (χ3v) is 1.83. The van der Waals surface area contributed by atoms with E-state index in [0.717, 1.165) is 0 Å². The van der Waals surface area contributed by atoms with Crippen molar-refractivity contribution in [1.29, 1.82) is 0 Å². The van der Waals surface area contributed by atoms with E-state index < -0.39 is 11.9 Å². The van der Waals surface area contributed by atoms with E-state index in [2.05, 4.69) is 9.97 Å². The molecule has 0 N–H and O–H groups in total. The molecule has 7 heteroatoms. The molecule has 6 nitrogen and oxygen atoms in total. The second-order valence-corrected chi connectivity index (χ2v) is 3.05. The zero-order valence-electron chi connectivity index (χ0n) is 9.46.